The van der Waals surface area contributed by atoms with Gasteiger partial charge in [-0.05, 0) is 44.6 Å². The van der Waals surface area contributed by atoms with Crippen molar-refractivity contribution in [2.24, 2.45) is 0 Å². The van der Waals surface area contributed by atoms with Crippen LogP contribution in [0.15, 0.2) is 0 Å². The summed E-state index contributed by atoms with van der Waals surface area (Å²) in [6, 6.07) is 0.233. The molecular formula is C21H30N4O4S. The second kappa shape index (κ2) is 9.03. The predicted molar refractivity (Wildman–Crippen MR) is 115 cm³/mol. The fourth-order valence-corrected chi connectivity index (χ4v) is 5.50. The lowest BCUT2D eigenvalue weighted by Gasteiger charge is -2.37. The Labute approximate surface area is 180 Å². The summed E-state index contributed by atoms with van der Waals surface area (Å²) in [7, 11) is 1.37. The number of rotatable bonds is 7. The largest absolute Gasteiger partial charge is 0.465 e. The van der Waals surface area contributed by atoms with Crippen molar-refractivity contribution < 1.29 is 19.1 Å². The molecule has 2 aliphatic carbocycles. The zero-order valence-corrected chi connectivity index (χ0v) is 18.5. The van der Waals surface area contributed by atoms with Gasteiger partial charge in [-0.25, -0.2) is 4.79 Å². The van der Waals surface area contributed by atoms with Gasteiger partial charge in [0.15, 0.2) is 0 Å². The standard InChI is InChI=1S/C21H30N4O4S/c1-13(19(27)22-14-6-7-14)25-10-8-24(9-11-25)12-17(26)23-20-18(21(28)29-2)15-4-3-5-16(15)30-20/h13-14H,3-12H2,1-2H3,(H,22,27)(H,23,26). The van der Waals surface area contributed by atoms with E-state index in [1.807, 2.05) is 6.92 Å². The Morgan fingerprint density at radius 2 is 1.90 bits per heavy atom. The molecule has 1 aromatic rings. The number of methoxy groups -OCH3 is 1. The maximum atomic E-state index is 12.6. The van der Waals surface area contributed by atoms with Crippen molar-refractivity contribution in [3.63, 3.8) is 0 Å². The van der Waals surface area contributed by atoms with E-state index in [2.05, 4.69) is 20.4 Å². The van der Waals surface area contributed by atoms with Crippen molar-refractivity contribution in [2.45, 2.75) is 51.1 Å². The molecule has 0 spiro atoms. The van der Waals surface area contributed by atoms with E-state index < -0.39 is 0 Å². The van der Waals surface area contributed by atoms with Crippen LogP contribution in [0.1, 0.15) is 47.0 Å². The number of nitrogens with one attached hydrogen (secondary N) is 2. The first-order valence-corrected chi connectivity index (χ1v) is 11.6. The van der Waals surface area contributed by atoms with Gasteiger partial charge in [0.25, 0.3) is 0 Å². The number of thiophene rings is 1. The molecule has 2 amide bonds. The van der Waals surface area contributed by atoms with Crippen LogP contribution in [0.2, 0.25) is 0 Å². The highest BCUT2D eigenvalue weighted by molar-refractivity contribution is 7.17. The van der Waals surface area contributed by atoms with Crippen LogP contribution >= 0.6 is 11.3 Å². The number of aryl methyl sites for hydroxylation is 1. The van der Waals surface area contributed by atoms with Crippen molar-refractivity contribution in [3.8, 4) is 0 Å². The first-order valence-electron chi connectivity index (χ1n) is 10.8. The molecule has 0 aromatic carbocycles. The normalized spacial score (nSPS) is 20.5. The second-order valence-corrected chi connectivity index (χ2v) is 9.48. The molecular weight excluding hydrogens is 404 g/mol. The van der Waals surface area contributed by atoms with Crippen LogP contribution in [0.3, 0.4) is 0 Å². The fraction of sp³-hybridized carbons (Fsp3) is 0.667. The van der Waals surface area contributed by atoms with Gasteiger partial charge in [0, 0.05) is 37.1 Å². The highest BCUT2D eigenvalue weighted by Gasteiger charge is 2.31. The average molecular weight is 435 g/mol. The zero-order valence-electron chi connectivity index (χ0n) is 17.7. The van der Waals surface area contributed by atoms with E-state index in [0.717, 1.165) is 63.8 Å². The van der Waals surface area contributed by atoms with Gasteiger partial charge in [-0.2, -0.15) is 0 Å². The van der Waals surface area contributed by atoms with Crippen molar-refractivity contribution >= 4 is 34.1 Å². The topological polar surface area (TPSA) is 91.0 Å². The van der Waals surface area contributed by atoms with Crippen molar-refractivity contribution in [3.05, 3.63) is 16.0 Å². The van der Waals surface area contributed by atoms with E-state index >= 15 is 0 Å². The number of piperazine rings is 1. The molecule has 1 saturated carbocycles. The lowest BCUT2D eigenvalue weighted by atomic mass is 10.1. The number of anilines is 1. The number of fused-ring (bicyclic) bond motifs is 1. The quantitative estimate of drug-likeness (QED) is 0.628. The Morgan fingerprint density at radius 1 is 1.17 bits per heavy atom. The first kappa shape index (κ1) is 21.3. The molecule has 2 N–H and O–H groups in total. The molecule has 1 aliphatic heterocycles. The van der Waals surface area contributed by atoms with Crippen molar-refractivity contribution in [1.29, 1.82) is 0 Å². The van der Waals surface area contributed by atoms with Crippen LogP contribution in [0, 0.1) is 0 Å². The minimum Gasteiger partial charge on any atom is -0.465 e. The van der Waals surface area contributed by atoms with E-state index in [1.165, 1.54) is 23.3 Å². The van der Waals surface area contributed by atoms with Gasteiger partial charge in [-0.15, -0.1) is 11.3 Å². The van der Waals surface area contributed by atoms with E-state index in [9.17, 15) is 14.4 Å². The Balaban J connectivity index is 1.28. The van der Waals surface area contributed by atoms with Crippen LogP contribution in [-0.2, 0) is 27.2 Å². The maximum Gasteiger partial charge on any atom is 0.341 e. The molecule has 0 bridgehead atoms. The van der Waals surface area contributed by atoms with Gasteiger partial charge in [0.1, 0.15) is 5.00 Å². The van der Waals surface area contributed by atoms with Crippen LogP contribution in [0.5, 0.6) is 0 Å². The fourth-order valence-electron chi connectivity index (χ4n) is 4.20. The molecule has 1 atom stereocenters. The van der Waals surface area contributed by atoms with Crippen LogP contribution in [0.4, 0.5) is 5.00 Å². The lowest BCUT2D eigenvalue weighted by Crippen LogP contribution is -2.55. The number of esters is 1. The molecule has 1 unspecified atom stereocenters. The molecule has 8 nitrogen and oxygen atoms in total. The molecule has 9 heteroatoms. The monoisotopic (exact) mass is 434 g/mol. The third-order valence-corrected chi connectivity index (χ3v) is 7.40. The van der Waals surface area contributed by atoms with Gasteiger partial charge in [0.2, 0.25) is 11.8 Å². The summed E-state index contributed by atoms with van der Waals surface area (Å²) >= 11 is 1.50. The van der Waals surface area contributed by atoms with Crippen molar-refractivity contribution in [1.82, 2.24) is 15.1 Å². The lowest BCUT2D eigenvalue weighted by molar-refractivity contribution is -0.127. The van der Waals surface area contributed by atoms with Crippen LogP contribution < -0.4 is 10.6 Å². The Morgan fingerprint density at radius 3 is 2.57 bits per heavy atom. The predicted octanol–water partition coefficient (Wildman–Crippen LogP) is 1.25. The summed E-state index contributed by atoms with van der Waals surface area (Å²) in [6.45, 7) is 5.21. The Bertz CT molecular complexity index is 827. The van der Waals surface area contributed by atoms with Gasteiger partial charge < -0.3 is 15.4 Å². The number of hydrogen-bond acceptors (Lipinski definition) is 7. The molecule has 0 radical (unpaired) electrons. The third kappa shape index (κ3) is 4.68. The van der Waals surface area contributed by atoms with E-state index in [4.69, 9.17) is 4.74 Å². The molecule has 30 heavy (non-hydrogen) atoms. The van der Waals surface area contributed by atoms with Crippen LogP contribution in [-0.4, -0.2) is 79.5 Å². The minimum absolute atomic E-state index is 0.102. The smallest absolute Gasteiger partial charge is 0.341 e. The third-order valence-electron chi connectivity index (χ3n) is 6.19. The molecule has 2 heterocycles. The van der Waals surface area contributed by atoms with E-state index in [0.29, 0.717) is 16.6 Å². The summed E-state index contributed by atoms with van der Waals surface area (Å²) in [4.78, 5) is 42.6. The Hall–Kier alpha value is -1.97. The second-order valence-electron chi connectivity index (χ2n) is 8.37. The van der Waals surface area contributed by atoms with E-state index in [-0.39, 0.29) is 30.4 Å². The number of nitrogens with zero attached hydrogens (tertiary/aromatic N) is 2. The maximum absolute atomic E-state index is 12.6. The van der Waals surface area contributed by atoms with Gasteiger partial charge >= 0.3 is 5.97 Å². The van der Waals surface area contributed by atoms with Crippen molar-refractivity contribution in [2.75, 3.05) is 45.2 Å². The zero-order chi connectivity index (χ0) is 21.3. The summed E-state index contributed by atoms with van der Waals surface area (Å²) in [5.74, 6) is -0.394. The number of carbonyl (C=O) groups excluding carboxylic acids is 3. The SMILES string of the molecule is COC(=O)c1c(NC(=O)CN2CCN(C(C)C(=O)NC3CC3)CC2)sc2c1CCC2. The summed E-state index contributed by atoms with van der Waals surface area (Å²) in [5.41, 5.74) is 1.57. The average Bonchev–Trinajstić information content (AvgIpc) is 3.32. The van der Waals surface area contributed by atoms with E-state index in [1.54, 1.807) is 0 Å². The van der Waals surface area contributed by atoms with Crippen LogP contribution in [0.25, 0.3) is 0 Å². The molecule has 2 fully saturated rings. The molecule has 3 aliphatic rings. The number of amides is 2. The molecule has 164 valence electrons. The van der Waals surface area contributed by atoms with Gasteiger partial charge in [-0.3, -0.25) is 19.4 Å². The summed E-state index contributed by atoms with van der Waals surface area (Å²) in [5, 5.41) is 6.62. The molecule has 1 saturated heterocycles. The summed E-state index contributed by atoms with van der Waals surface area (Å²) < 4.78 is 4.94. The number of hydrogen-bond donors (Lipinski definition) is 2. The number of ether oxygens (including phenoxy) is 1. The van der Waals surface area contributed by atoms with Gasteiger partial charge in [0.05, 0.1) is 25.3 Å². The highest BCUT2D eigenvalue weighted by Crippen LogP contribution is 2.39. The summed E-state index contributed by atoms with van der Waals surface area (Å²) in [6.07, 6.45) is 5.04. The highest BCUT2D eigenvalue weighted by atomic mass is 32.1. The molecule has 4 rings (SSSR count). The molecule has 1 aromatic heterocycles. The number of carbonyl (C=O) groups is 3. The Kier molecular flexibility index (Phi) is 6.40. The van der Waals surface area contributed by atoms with Gasteiger partial charge in [-0.1, -0.05) is 0 Å². The minimum atomic E-state index is -0.378. The first-order chi connectivity index (χ1) is 14.5.